The minimum absolute atomic E-state index is 1.33. The van der Waals surface area contributed by atoms with Crippen LogP contribution in [0.1, 0.15) is 11.1 Å². The minimum Gasteiger partial charge on any atom is -0.0616 e. The molecule has 0 fully saturated rings. The Morgan fingerprint density at radius 1 is 0.385 bits per heavy atom. The highest BCUT2D eigenvalue weighted by atomic mass is 14.1. The average Bonchev–Trinajstić information content (AvgIpc) is 2.69. The molecular formula is C26H22. The molecule has 0 saturated carbocycles. The molecule has 0 aliphatic heterocycles. The van der Waals surface area contributed by atoms with Crippen molar-refractivity contribution in [1.82, 2.24) is 0 Å². The van der Waals surface area contributed by atoms with Gasteiger partial charge in [-0.3, -0.25) is 0 Å². The van der Waals surface area contributed by atoms with Gasteiger partial charge >= 0.3 is 0 Å². The van der Waals surface area contributed by atoms with Crippen molar-refractivity contribution >= 4 is 32.3 Å². The van der Waals surface area contributed by atoms with Gasteiger partial charge in [-0.25, -0.2) is 0 Å². The first kappa shape index (κ1) is 16.4. The molecule has 0 amide bonds. The van der Waals surface area contributed by atoms with E-state index >= 15 is 0 Å². The highest BCUT2D eigenvalue weighted by molar-refractivity contribution is 6.08. The van der Waals surface area contributed by atoms with E-state index in [0.717, 1.165) is 0 Å². The fourth-order valence-corrected chi connectivity index (χ4v) is 3.63. The van der Waals surface area contributed by atoms with Crippen LogP contribution in [0.2, 0.25) is 0 Å². The van der Waals surface area contributed by atoms with Crippen LogP contribution >= 0.6 is 0 Å². The molecular weight excluding hydrogens is 312 g/mol. The Balaban J connectivity index is 0.000000136. The summed E-state index contributed by atoms with van der Waals surface area (Å²) in [5.41, 5.74) is 2.70. The van der Waals surface area contributed by atoms with Crippen molar-refractivity contribution < 1.29 is 0 Å². The van der Waals surface area contributed by atoms with E-state index in [9.17, 15) is 0 Å². The molecule has 0 spiro atoms. The molecule has 0 nitrogen and oxygen atoms in total. The quantitative estimate of drug-likeness (QED) is 0.258. The van der Waals surface area contributed by atoms with E-state index in [4.69, 9.17) is 0 Å². The van der Waals surface area contributed by atoms with Crippen molar-refractivity contribution in [3.05, 3.63) is 108 Å². The lowest BCUT2D eigenvalue weighted by atomic mass is 9.98. The molecule has 126 valence electrons. The molecule has 0 aliphatic rings. The fourth-order valence-electron chi connectivity index (χ4n) is 3.63. The molecule has 5 aromatic carbocycles. The summed E-state index contributed by atoms with van der Waals surface area (Å²) in [4.78, 5) is 0. The molecule has 0 radical (unpaired) electrons. The number of hydrogen-bond donors (Lipinski definition) is 0. The van der Waals surface area contributed by atoms with Gasteiger partial charge in [0.15, 0.2) is 0 Å². The summed E-state index contributed by atoms with van der Waals surface area (Å²) in [5.74, 6) is 0. The van der Waals surface area contributed by atoms with Gasteiger partial charge in [-0.15, -0.1) is 0 Å². The summed E-state index contributed by atoms with van der Waals surface area (Å²) in [7, 11) is 0. The third-order valence-corrected chi connectivity index (χ3v) is 4.98. The van der Waals surface area contributed by atoms with Gasteiger partial charge in [-0.05, 0) is 57.3 Å². The molecule has 0 heterocycles. The van der Waals surface area contributed by atoms with E-state index in [1.165, 1.54) is 43.4 Å². The summed E-state index contributed by atoms with van der Waals surface area (Å²) in [6.07, 6.45) is 0. The van der Waals surface area contributed by atoms with Crippen LogP contribution in [-0.4, -0.2) is 0 Å². The Hall–Kier alpha value is -3.12. The van der Waals surface area contributed by atoms with Crippen molar-refractivity contribution in [2.75, 3.05) is 0 Å². The molecule has 5 aromatic rings. The number of fused-ring (bicyclic) bond motifs is 4. The van der Waals surface area contributed by atoms with Gasteiger partial charge in [0.25, 0.3) is 0 Å². The summed E-state index contributed by atoms with van der Waals surface area (Å²) in [6.45, 7) is 4.32. The van der Waals surface area contributed by atoms with Gasteiger partial charge in [-0.1, -0.05) is 97.1 Å². The second-order valence-electron chi connectivity index (χ2n) is 6.76. The second-order valence-corrected chi connectivity index (χ2v) is 6.76. The fraction of sp³-hybridized carbons (Fsp3) is 0.0769. The predicted octanol–water partition coefficient (Wildman–Crippen LogP) is 7.45. The maximum absolute atomic E-state index is 2.26. The van der Waals surface area contributed by atoms with Crippen LogP contribution in [0.15, 0.2) is 97.1 Å². The zero-order valence-corrected chi connectivity index (χ0v) is 15.2. The van der Waals surface area contributed by atoms with E-state index in [2.05, 4.69) is 111 Å². The van der Waals surface area contributed by atoms with Crippen molar-refractivity contribution in [3.63, 3.8) is 0 Å². The molecule has 5 rings (SSSR count). The minimum atomic E-state index is 1.33. The molecule has 0 atom stereocenters. The lowest BCUT2D eigenvalue weighted by molar-refractivity contribution is 1.53. The Morgan fingerprint density at radius 2 is 0.923 bits per heavy atom. The van der Waals surface area contributed by atoms with Crippen LogP contribution in [0, 0.1) is 13.8 Å². The van der Waals surface area contributed by atoms with Crippen molar-refractivity contribution in [1.29, 1.82) is 0 Å². The van der Waals surface area contributed by atoms with Gasteiger partial charge < -0.3 is 0 Å². The van der Waals surface area contributed by atoms with Crippen LogP contribution in [-0.2, 0) is 0 Å². The topological polar surface area (TPSA) is 0 Å². The largest absolute Gasteiger partial charge is 0.0616 e. The molecule has 0 aliphatic carbocycles. The highest BCUT2D eigenvalue weighted by Gasteiger charge is 2.01. The molecule has 0 unspecified atom stereocenters. The third-order valence-electron chi connectivity index (χ3n) is 4.98. The van der Waals surface area contributed by atoms with E-state index in [1.807, 2.05) is 0 Å². The zero-order chi connectivity index (χ0) is 17.9. The Kier molecular flexibility index (Phi) is 4.41. The molecule has 0 aromatic heterocycles. The maximum atomic E-state index is 2.26. The summed E-state index contributed by atoms with van der Waals surface area (Å²) < 4.78 is 0. The van der Waals surface area contributed by atoms with Crippen LogP contribution in [0.3, 0.4) is 0 Å². The van der Waals surface area contributed by atoms with Gasteiger partial charge in [-0.2, -0.15) is 0 Å². The SMILES string of the molecule is Cc1cc2ccccc2c2ccccc12.Cc1cccc2ccccc12. The first-order valence-corrected chi connectivity index (χ1v) is 9.05. The summed E-state index contributed by atoms with van der Waals surface area (Å²) >= 11 is 0. The Labute approximate surface area is 154 Å². The van der Waals surface area contributed by atoms with Gasteiger partial charge in [0.05, 0.1) is 0 Å². The first-order chi connectivity index (χ1) is 12.7. The average molecular weight is 334 g/mol. The van der Waals surface area contributed by atoms with Crippen molar-refractivity contribution in [3.8, 4) is 0 Å². The van der Waals surface area contributed by atoms with E-state index in [0.29, 0.717) is 0 Å². The first-order valence-electron chi connectivity index (χ1n) is 9.05. The predicted molar refractivity (Wildman–Crippen MR) is 115 cm³/mol. The molecule has 0 saturated heterocycles. The maximum Gasteiger partial charge on any atom is -0.0103 e. The van der Waals surface area contributed by atoms with Gasteiger partial charge in [0.2, 0.25) is 0 Å². The van der Waals surface area contributed by atoms with Crippen LogP contribution < -0.4 is 0 Å². The second kappa shape index (κ2) is 7.01. The molecule has 26 heavy (non-hydrogen) atoms. The lowest BCUT2D eigenvalue weighted by Gasteiger charge is -2.06. The van der Waals surface area contributed by atoms with Crippen LogP contribution in [0.5, 0.6) is 0 Å². The monoisotopic (exact) mass is 334 g/mol. The number of aryl methyl sites for hydroxylation is 2. The zero-order valence-electron chi connectivity index (χ0n) is 15.2. The van der Waals surface area contributed by atoms with Gasteiger partial charge in [0, 0.05) is 0 Å². The third kappa shape index (κ3) is 3.07. The highest BCUT2D eigenvalue weighted by Crippen LogP contribution is 2.27. The molecule has 0 bridgehead atoms. The lowest BCUT2D eigenvalue weighted by Crippen LogP contribution is -1.81. The Bertz CT molecular complexity index is 1190. The Morgan fingerprint density at radius 3 is 1.65 bits per heavy atom. The van der Waals surface area contributed by atoms with Crippen LogP contribution in [0.25, 0.3) is 32.3 Å². The van der Waals surface area contributed by atoms with E-state index in [1.54, 1.807) is 0 Å². The number of hydrogen-bond acceptors (Lipinski definition) is 0. The van der Waals surface area contributed by atoms with Crippen molar-refractivity contribution in [2.45, 2.75) is 13.8 Å². The van der Waals surface area contributed by atoms with Crippen molar-refractivity contribution in [2.24, 2.45) is 0 Å². The standard InChI is InChI=1S/C15H12.C11H10/c1-11-10-12-6-2-3-8-14(12)15-9-5-4-7-13(11)15;1-9-5-4-7-10-6-2-3-8-11(9)10/h2-10H,1H3;2-8H,1H3. The van der Waals surface area contributed by atoms with Crippen LogP contribution in [0.4, 0.5) is 0 Å². The molecule has 0 N–H and O–H groups in total. The summed E-state index contributed by atoms with van der Waals surface area (Å²) in [6, 6.07) is 34.2. The number of benzene rings is 5. The smallest absolute Gasteiger partial charge is 0.0103 e. The molecule has 0 heteroatoms. The summed E-state index contributed by atoms with van der Waals surface area (Å²) in [5, 5.41) is 8.07. The number of rotatable bonds is 0. The van der Waals surface area contributed by atoms with E-state index < -0.39 is 0 Å². The van der Waals surface area contributed by atoms with Gasteiger partial charge in [0.1, 0.15) is 0 Å². The normalized spacial score (nSPS) is 10.7. The van der Waals surface area contributed by atoms with E-state index in [-0.39, 0.29) is 0 Å².